The molecule has 0 aromatic carbocycles. The minimum absolute atomic E-state index is 0.0437. The summed E-state index contributed by atoms with van der Waals surface area (Å²) in [5.74, 6) is 0.364. The van der Waals surface area contributed by atoms with E-state index in [4.69, 9.17) is 4.74 Å². The highest BCUT2D eigenvalue weighted by atomic mass is 16.5. The summed E-state index contributed by atoms with van der Waals surface area (Å²) in [5.41, 5.74) is 0. The van der Waals surface area contributed by atoms with Crippen LogP contribution in [-0.2, 0) is 9.53 Å². The van der Waals surface area contributed by atoms with E-state index in [0.717, 1.165) is 0 Å². The lowest BCUT2D eigenvalue weighted by molar-refractivity contribution is -0.126. The van der Waals surface area contributed by atoms with Crippen LogP contribution < -0.4 is 5.32 Å². The van der Waals surface area contributed by atoms with Gasteiger partial charge < -0.3 is 10.1 Å². The van der Waals surface area contributed by atoms with Crippen LogP contribution in [0.4, 0.5) is 0 Å². The number of carbonyl (C=O) groups excluding carboxylic acids is 1. The molecule has 0 aliphatic heterocycles. The number of hydrogen-bond donors (Lipinski definition) is 1. The molecule has 3 nitrogen and oxygen atoms in total. The fourth-order valence-corrected chi connectivity index (χ4v) is 0.841. The van der Waals surface area contributed by atoms with Crippen LogP contribution in [0.25, 0.3) is 0 Å². The second-order valence-corrected chi connectivity index (χ2v) is 3.04. The van der Waals surface area contributed by atoms with E-state index in [-0.39, 0.29) is 12.1 Å². The predicted molar refractivity (Wildman–Crippen MR) is 48.7 cm³/mol. The lowest BCUT2D eigenvalue weighted by Gasteiger charge is -2.21. The van der Waals surface area contributed by atoms with Gasteiger partial charge in [-0.1, -0.05) is 20.8 Å². The molecule has 0 aromatic heterocycles. The Morgan fingerprint density at radius 1 is 1.42 bits per heavy atom. The summed E-state index contributed by atoms with van der Waals surface area (Å²) < 4.78 is 5.34. The molecule has 0 aliphatic rings. The molecule has 0 fully saturated rings. The Morgan fingerprint density at radius 3 is 2.33 bits per heavy atom. The van der Waals surface area contributed by atoms with Crippen molar-refractivity contribution in [3.63, 3.8) is 0 Å². The number of amides is 1. The van der Waals surface area contributed by atoms with Gasteiger partial charge in [0.2, 0.25) is 5.91 Å². The van der Waals surface area contributed by atoms with E-state index >= 15 is 0 Å². The lowest BCUT2D eigenvalue weighted by Crippen LogP contribution is -2.40. The van der Waals surface area contributed by atoms with Gasteiger partial charge in [0.05, 0.1) is 0 Å². The van der Waals surface area contributed by atoms with Crippen molar-refractivity contribution in [1.29, 1.82) is 0 Å². The number of ether oxygens (including phenoxy) is 1. The van der Waals surface area contributed by atoms with Crippen LogP contribution in [0.3, 0.4) is 0 Å². The Labute approximate surface area is 74.5 Å². The normalized spacial score (nSPS) is 13.1. The van der Waals surface area contributed by atoms with Crippen molar-refractivity contribution in [2.24, 2.45) is 5.92 Å². The van der Waals surface area contributed by atoms with Crippen LogP contribution in [0.2, 0.25) is 0 Å². The van der Waals surface area contributed by atoms with Gasteiger partial charge in [-0.05, 0) is 12.8 Å². The Balaban J connectivity index is 3.86. The zero-order chi connectivity index (χ0) is 9.56. The van der Waals surface area contributed by atoms with Crippen molar-refractivity contribution in [2.75, 3.05) is 6.61 Å². The Morgan fingerprint density at radius 2 is 2.00 bits per heavy atom. The summed E-state index contributed by atoms with van der Waals surface area (Å²) >= 11 is 0. The molecule has 1 amide bonds. The lowest BCUT2D eigenvalue weighted by atomic mass is 10.2. The summed E-state index contributed by atoms with van der Waals surface area (Å²) in [6, 6.07) is 0. The smallest absolute Gasteiger partial charge is 0.221 e. The summed E-state index contributed by atoms with van der Waals surface area (Å²) in [7, 11) is 0. The average molecular weight is 173 g/mol. The third-order valence-corrected chi connectivity index (χ3v) is 1.58. The minimum Gasteiger partial charge on any atom is -0.359 e. The molecule has 0 saturated heterocycles. The van der Waals surface area contributed by atoms with Crippen LogP contribution in [0, 0.1) is 5.92 Å². The topological polar surface area (TPSA) is 38.3 Å². The molecule has 0 bridgehead atoms. The maximum Gasteiger partial charge on any atom is 0.221 e. The largest absolute Gasteiger partial charge is 0.359 e. The molecule has 0 saturated carbocycles. The van der Waals surface area contributed by atoms with Crippen molar-refractivity contribution in [3.8, 4) is 0 Å². The van der Waals surface area contributed by atoms with Crippen molar-refractivity contribution < 1.29 is 9.53 Å². The number of hydrogen-bond acceptors (Lipinski definition) is 2. The van der Waals surface area contributed by atoms with Crippen molar-refractivity contribution in [3.05, 3.63) is 0 Å². The zero-order valence-electron chi connectivity index (χ0n) is 8.39. The van der Waals surface area contributed by atoms with Gasteiger partial charge in [0.15, 0.2) is 0 Å². The first kappa shape index (κ1) is 11.4. The third-order valence-electron chi connectivity index (χ3n) is 1.58. The highest BCUT2D eigenvalue weighted by Crippen LogP contribution is 2.03. The van der Waals surface area contributed by atoms with E-state index in [1.54, 1.807) is 0 Å². The second-order valence-electron chi connectivity index (χ2n) is 3.04. The maximum absolute atomic E-state index is 11.0. The molecule has 1 N–H and O–H groups in total. The minimum atomic E-state index is -0.137. The first-order valence-electron chi connectivity index (χ1n) is 4.52. The molecule has 0 aromatic rings. The Hall–Kier alpha value is -0.570. The number of carbonyl (C=O) groups is 1. The first-order valence-corrected chi connectivity index (χ1v) is 4.52. The van der Waals surface area contributed by atoms with E-state index < -0.39 is 0 Å². The molecule has 0 spiro atoms. The van der Waals surface area contributed by atoms with Gasteiger partial charge in [-0.2, -0.15) is 0 Å². The Bertz CT molecular complexity index is 134. The summed E-state index contributed by atoms with van der Waals surface area (Å²) in [4.78, 5) is 11.0. The molecule has 0 aliphatic carbocycles. The number of rotatable bonds is 5. The van der Waals surface area contributed by atoms with Crippen LogP contribution in [-0.4, -0.2) is 18.7 Å². The quantitative estimate of drug-likeness (QED) is 0.640. The van der Waals surface area contributed by atoms with Gasteiger partial charge in [0.25, 0.3) is 0 Å². The molecule has 1 atom stereocenters. The third kappa shape index (κ3) is 4.34. The van der Waals surface area contributed by atoms with Crippen molar-refractivity contribution in [1.82, 2.24) is 5.32 Å². The number of nitrogens with one attached hydrogen (secondary N) is 1. The monoisotopic (exact) mass is 173 g/mol. The van der Waals surface area contributed by atoms with Crippen LogP contribution in [0.5, 0.6) is 0 Å². The summed E-state index contributed by atoms with van der Waals surface area (Å²) in [5, 5.41) is 2.81. The molecule has 3 heteroatoms. The van der Waals surface area contributed by atoms with Gasteiger partial charge in [0.1, 0.15) is 6.23 Å². The maximum atomic E-state index is 11.0. The van der Waals surface area contributed by atoms with Crippen LogP contribution >= 0.6 is 0 Å². The molecular weight excluding hydrogens is 154 g/mol. The van der Waals surface area contributed by atoms with Gasteiger partial charge in [-0.25, -0.2) is 0 Å². The van der Waals surface area contributed by atoms with E-state index in [9.17, 15) is 4.79 Å². The van der Waals surface area contributed by atoms with E-state index in [2.05, 4.69) is 5.32 Å². The SMILES string of the molecule is CCOC(NC(=O)CC)C(C)C. The van der Waals surface area contributed by atoms with E-state index in [1.807, 2.05) is 27.7 Å². The molecule has 1 unspecified atom stereocenters. The van der Waals surface area contributed by atoms with Gasteiger partial charge >= 0.3 is 0 Å². The van der Waals surface area contributed by atoms with E-state index in [1.165, 1.54) is 0 Å². The molecule has 0 heterocycles. The Kier molecular flexibility index (Phi) is 5.72. The fourth-order valence-electron chi connectivity index (χ4n) is 0.841. The molecule has 0 radical (unpaired) electrons. The highest BCUT2D eigenvalue weighted by molar-refractivity contribution is 5.75. The van der Waals surface area contributed by atoms with Gasteiger partial charge in [0, 0.05) is 13.0 Å². The van der Waals surface area contributed by atoms with Crippen LogP contribution in [0.15, 0.2) is 0 Å². The highest BCUT2D eigenvalue weighted by Gasteiger charge is 2.14. The van der Waals surface area contributed by atoms with Crippen LogP contribution in [0.1, 0.15) is 34.1 Å². The molecule has 72 valence electrons. The van der Waals surface area contributed by atoms with Crippen molar-refractivity contribution >= 4 is 5.91 Å². The van der Waals surface area contributed by atoms with E-state index in [0.29, 0.717) is 18.9 Å². The average Bonchev–Trinajstić information content (AvgIpc) is 2.03. The standard InChI is InChI=1S/C9H19NO2/c1-5-8(11)10-9(7(3)4)12-6-2/h7,9H,5-6H2,1-4H3,(H,10,11). The second kappa shape index (κ2) is 6.00. The zero-order valence-corrected chi connectivity index (χ0v) is 8.39. The predicted octanol–water partition coefficient (Wildman–Crippen LogP) is 1.53. The molecular formula is C9H19NO2. The van der Waals surface area contributed by atoms with Crippen molar-refractivity contribution in [2.45, 2.75) is 40.3 Å². The molecule has 0 rings (SSSR count). The molecule has 12 heavy (non-hydrogen) atoms. The summed E-state index contributed by atoms with van der Waals surface area (Å²) in [6.45, 7) is 8.44. The van der Waals surface area contributed by atoms with Gasteiger partial charge in [-0.3, -0.25) is 4.79 Å². The fraction of sp³-hybridized carbons (Fsp3) is 0.889. The first-order chi connectivity index (χ1) is 5.61. The van der Waals surface area contributed by atoms with Gasteiger partial charge in [-0.15, -0.1) is 0 Å². The summed E-state index contributed by atoms with van der Waals surface area (Å²) in [6.07, 6.45) is 0.374.